The molecule has 102 valence electrons. The highest BCUT2D eigenvalue weighted by Crippen LogP contribution is 2.15. The number of rotatable bonds is 8. The van der Waals surface area contributed by atoms with Crippen LogP contribution in [0.2, 0.25) is 0 Å². The molecule has 0 aromatic rings. The second-order valence-electron chi connectivity index (χ2n) is 2.93. The molecule has 0 saturated heterocycles. The molecule has 10 heteroatoms. The molecule has 0 aliphatic carbocycles. The third kappa shape index (κ3) is 7.17. The number of nitrogens with zero attached hydrogens (tertiary/aromatic N) is 2. The Kier molecular flexibility index (Phi) is 9.10. The first-order valence-electron chi connectivity index (χ1n) is 4.48. The molecule has 0 rings (SSSR count). The maximum absolute atomic E-state index is 11.9. The lowest BCUT2D eigenvalue weighted by molar-refractivity contribution is -0.319. The molecule has 0 saturated carbocycles. The number of ether oxygens (including phenoxy) is 1. The van der Waals surface area contributed by atoms with Crippen molar-refractivity contribution in [3.05, 3.63) is 0 Å². The quantitative estimate of drug-likeness (QED) is 0.159. The number of hydrogen-bond acceptors (Lipinski definition) is 4. The number of esters is 1. The van der Waals surface area contributed by atoms with Crippen LogP contribution in [-0.2, 0) is 9.53 Å². The minimum Gasteiger partial charge on any atom is -0.465 e. The minimum absolute atomic E-state index is 0.0902. The summed E-state index contributed by atoms with van der Waals surface area (Å²) in [5, 5.41) is -2.85. The number of alkyl halides is 2. The third-order valence-electron chi connectivity index (χ3n) is 1.69. The first kappa shape index (κ1) is 17.1. The van der Waals surface area contributed by atoms with Gasteiger partial charge in [-0.15, -0.1) is 0 Å². The lowest BCUT2D eigenvalue weighted by Gasteiger charge is -2.16. The molecule has 0 radical (unpaired) electrons. The maximum atomic E-state index is 11.9. The molecule has 0 aliphatic heterocycles. The van der Waals surface area contributed by atoms with Crippen LogP contribution in [0.3, 0.4) is 0 Å². The standard InChI is InChI=1S/C7H10Br2F4N2O2/c8-4-5(9)7(16)17-3-1-2-6(14(10)11)15(12)13/h5-6H,1-4H2. The largest absolute Gasteiger partial charge is 0.465 e. The molecule has 0 aliphatic rings. The highest BCUT2D eigenvalue weighted by atomic mass is 79.9. The summed E-state index contributed by atoms with van der Waals surface area (Å²) < 4.78 is 52.3. The average Bonchev–Trinajstić information content (AvgIpc) is 2.26. The van der Waals surface area contributed by atoms with Gasteiger partial charge in [-0.2, -0.15) is 0 Å². The topological polar surface area (TPSA) is 32.8 Å². The predicted octanol–water partition coefficient (Wildman–Crippen LogP) is 2.94. The summed E-state index contributed by atoms with van der Waals surface area (Å²) in [6.45, 7) is -0.188. The van der Waals surface area contributed by atoms with Gasteiger partial charge in [-0.3, -0.25) is 4.79 Å². The Bertz CT molecular complexity index is 228. The van der Waals surface area contributed by atoms with Gasteiger partial charge in [0.25, 0.3) is 0 Å². The van der Waals surface area contributed by atoms with Gasteiger partial charge in [0.1, 0.15) is 4.83 Å². The number of halogens is 6. The molecule has 0 spiro atoms. The Morgan fingerprint density at radius 3 is 2.18 bits per heavy atom. The van der Waals surface area contributed by atoms with Crippen LogP contribution >= 0.6 is 31.9 Å². The minimum atomic E-state index is -2.29. The smallest absolute Gasteiger partial charge is 0.320 e. The molecule has 0 N–H and O–H groups in total. The summed E-state index contributed by atoms with van der Waals surface area (Å²) in [5.74, 6) is -0.576. The van der Waals surface area contributed by atoms with E-state index < -0.39 is 34.1 Å². The second kappa shape index (κ2) is 9.06. The van der Waals surface area contributed by atoms with Gasteiger partial charge in [-0.05, 0) is 12.8 Å². The predicted molar refractivity (Wildman–Crippen MR) is 58.6 cm³/mol. The molecular weight excluding hydrogens is 380 g/mol. The number of carbonyl (C=O) groups excluding carboxylic acids is 1. The summed E-state index contributed by atoms with van der Waals surface area (Å²) in [5.41, 5.74) is 0. The molecule has 4 nitrogen and oxygen atoms in total. The van der Waals surface area contributed by atoms with Crippen molar-refractivity contribution in [3.8, 4) is 0 Å². The van der Waals surface area contributed by atoms with Gasteiger partial charge in [0.15, 0.2) is 6.17 Å². The zero-order valence-corrected chi connectivity index (χ0v) is 11.6. The summed E-state index contributed by atoms with van der Waals surface area (Å²) >= 11 is 6.02. The number of hydrogen-bond donors (Lipinski definition) is 0. The Hall–Kier alpha value is 0.0700. The van der Waals surface area contributed by atoms with Gasteiger partial charge >= 0.3 is 5.97 Å². The lowest BCUT2D eigenvalue weighted by atomic mass is 10.3. The van der Waals surface area contributed by atoms with Crippen molar-refractivity contribution in [1.82, 2.24) is 10.7 Å². The van der Waals surface area contributed by atoms with E-state index in [0.29, 0.717) is 5.33 Å². The molecule has 0 bridgehead atoms. The van der Waals surface area contributed by atoms with Crippen molar-refractivity contribution in [2.24, 2.45) is 0 Å². The van der Waals surface area contributed by atoms with Crippen LogP contribution in [0.15, 0.2) is 0 Å². The molecule has 0 amide bonds. The molecule has 0 aromatic heterocycles. The SMILES string of the molecule is O=C(OCCCC(N(F)F)N(F)F)C(Br)CBr. The van der Waals surface area contributed by atoms with Gasteiger partial charge in [0.05, 0.1) is 6.61 Å². The Labute approximate surface area is 112 Å². The second-order valence-corrected chi connectivity index (χ2v) is 4.68. The van der Waals surface area contributed by atoms with Crippen LogP contribution in [0.1, 0.15) is 12.8 Å². The Morgan fingerprint density at radius 2 is 1.76 bits per heavy atom. The van der Waals surface area contributed by atoms with Crippen molar-refractivity contribution in [1.29, 1.82) is 0 Å². The van der Waals surface area contributed by atoms with E-state index in [1.54, 1.807) is 0 Å². The van der Waals surface area contributed by atoms with Gasteiger partial charge in [-0.25, -0.2) is 0 Å². The van der Waals surface area contributed by atoms with Gasteiger partial charge < -0.3 is 4.74 Å². The lowest BCUT2D eigenvalue weighted by Crippen LogP contribution is -2.32. The fourth-order valence-corrected chi connectivity index (χ4v) is 1.25. The van der Waals surface area contributed by atoms with Crippen LogP contribution < -0.4 is 0 Å². The first-order valence-corrected chi connectivity index (χ1v) is 6.52. The fraction of sp³-hybridized carbons (Fsp3) is 0.857. The normalized spacial score (nSPS) is 13.5. The van der Waals surface area contributed by atoms with E-state index in [2.05, 4.69) is 36.6 Å². The van der Waals surface area contributed by atoms with E-state index in [4.69, 9.17) is 0 Å². The van der Waals surface area contributed by atoms with Gasteiger partial charge in [-0.1, -0.05) is 49.8 Å². The van der Waals surface area contributed by atoms with E-state index in [9.17, 15) is 22.7 Å². The molecule has 0 heterocycles. The summed E-state index contributed by atoms with van der Waals surface area (Å²) in [4.78, 5) is 10.5. The van der Waals surface area contributed by atoms with E-state index in [1.807, 2.05) is 0 Å². The molecule has 17 heavy (non-hydrogen) atoms. The van der Waals surface area contributed by atoms with Crippen molar-refractivity contribution >= 4 is 37.8 Å². The maximum Gasteiger partial charge on any atom is 0.320 e. The number of carbonyl (C=O) groups is 1. The zero-order valence-electron chi connectivity index (χ0n) is 8.46. The van der Waals surface area contributed by atoms with E-state index in [0.717, 1.165) is 0 Å². The van der Waals surface area contributed by atoms with Crippen LogP contribution in [0.5, 0.6) is 0 Å². The van der Waals surface area contributed by atoms with Gasteiger partial charge in [0.2, 0.25) is 0 Å². The van der Waals surface area contributed by atoms with Gasteiger partial charge in [0, 0.05) is 16.0 Å². The molecule has 0 aromatic carbocycles. The van der Waals surface area contributed by atoms with Crippen LogP contribution in [0.4, 0.5) is 17.9 Å². The molecule has 0 fully saturated rings. The van der Waals surface area contributed by atoms with Crippen molar-refractivity contribution < 1.29 is 27.5 Å². The molecular formula is C7H10Br2F4N2O2. The Morgan fingerprint density at radius 1 is 1.24 bits per heavy atom. The first-order chi connectivity index (χ1) is 7.90. The average molecular weight is 390 g/mol. The zero-order chi connectivity index (χ0) is 13.4. The van der Waals surface area contributed by atoms with Crippen LogP contribution in [0.25, 0.3) is 0 Å². The summed E-state index contributed by atoms with van der Waals surface area (Å²) in [6.07, 6.45) is -2.90. The monoisotopic (exact) mass is 388 g/mol. The van der Waals surface area contributed by atoms with Crippen molar-refractivity contribution in [2.45, 2.75) is 23.8 Å². The van der Waals surface area contributed by atoms with Crippen LogP contribution in [0, 0.1) is 0 Å². The highest BCUT2D eigenvalue weighted by Gasteiger charge is 2.26. The summed E-state index contributed by atoms with van der Waals surface area (Å²) in [6, 6.07) is 0. The highest BCUT2D eigenvalue weighted by molar-refractivity contribution is 9.12. The van der Waals surface area contributed by atoms with E-state index in [1.165, 1.54) is 0 Å². The third-order valence-corrected chi connectivity index (χ3v) is 3.91. The Balaban J connectivity index is 3.79. The van der Waals surface area contributed by atoms with Crippen molar-refractivity contribution in [3.63, 3.8) is 0 Å². The molecule has 1 atom stereocenters. The summed E-state index contributed by atoms with van der Waals surface area (Å²) in [7, 11) is 0. The molecule has 1 unspecified atom stereocenters. The van der Waals surface area contributed by atoms with E-state index >= 15 is 0 Å². The van der Waals surface area contributed by atoms with Crippen LogP contribution in [-0.4, -0.2) is 39.6 Å². The van der Waals surface area contributed by atoms with Crippen molar-refractivity contribution in [2.75, 3.05) is 11.9 Å². The van der Waals surface area contributed by atoms with E-state index in [-0.39, 0.29) is 13.0 Å². The fourth-order valence-electron chi connectivity index (χ4n) is 0.853.